The van der Waals surface area contributed by atoms with E-state index in [0.29, 0.717) is 11.7 Å². The lowest BCUT2D eigenvalue weighted by atomic mass is 10.2. The third kappa shape index (κ3) is 3.59. The summed E-state index contributed by atoms with van der Waals surface area (Å²) >= 11 is 0. The summed E-state index contributed by atoms with van der Waals surface area (Å²) in [5, 5.41) is 8.21. The van der Waals surface area contributed by atoms with Gasteiger partial charge in [-0.3, -0.25) is 4.68 Å². The lowest BCUT2D eigenvalue weighted by molar-refractivity contribution is 0.303. The van der Waals surface area contributed by atoms with E-state index in [-0.39, 0.29) is 0 Å². The molecule has 0 bridgehead atoms. The van der Waals surface area contributed by atoms with Crippen molar-refractivity contribution < 1.29 is 4.52 Å². The summed E-state index contributed by atoms with van der Waals surface area (Å²) in [4.78, 5) is 6.65. The summed E-state index contributed by atoms with van der Waals surface area (Å²) in [7, 11) is 3.99. The van der Waals surface area contributed by atoms with Crippen LogP contribution in [0.15, 0.2) is 47.2 Å². The Balaban J connectivity index is 1.54. The van der Waals surface area contributed by atoms with E-state index in [9.17, 15) is 0 Å². The average Bonchev–Trinajstić information content (AvgIpc) is 3.15. The molecule has 0 aliphatic rings. The van der Waals surface area contributed by atoms with Gasteiger partial charge >= 0.3 is 0 Å². The summed E-state index contributed by atoms with van der Waals surface area (Å²) in [6.07, 6.45) is 4.64. The molecule has 0 aliphatic heterocycles. The molecule has 6 heteroatoms. The Morgan fingerprint density at radius 1 is 1.23 bits per heavy atom. The lowest BCUT2D eigenvalue weighted by Crippen LogP contribution is -2.20. The summed E-state index contributed by atoms with van der Waals surface area (Å²) in [6, 6.07) is 9.85. The van der Waals surface area contributed by atoms with Crippen LogP contribution in [-0.4, -0.2) is 38.4 Å². The summed E-state index contributed by atoms with van der Waals surface area (Å²) in [5.41, 5.74) is 2.17. The Hall–Kier alpha value is -2.47. The molecule has 0 spiro atoms. The van der Waals surface area contributed by atoms with Gasteiger partial charge in [0.05, 0.1) is 6.20 Å². The Bertz CT molecular complexity index is 719. The summed E-state index contributed by atoms with van der Waals surface area (Å²) in [5.74, 6) is 1.31. The second-order valence-corrected chi connectivity index (χ2v) is 5.39. The highest BCUT2D eigenvalue weighted by Gasteiger charge is 2.09. The fraction of sp³-hybridized carbons (Fsp3) is 0.312. The SMILES string of the molecule is CN(CCc1nc(-c2ccccc2)no1)Cc1cnn(C)c1. The molecular formula is C16H19N5O. The molecule has 3 aromatic rings. The molecule has 0 aliphatic carbocycles. The third-order valence-electron chi connectivity index (χ3n) is 3.42. The summed E-state index contributed by atoms with van der Waals surface area (Å²) < 4.78 is 7.13. The Morgan fingerprint density at radius 2 is 2.05 bits per heavy atom. The molecule has 0 N–H and O–H groups in total. The van der Waals surface area contributed by atoms with Crippen molar-refractivity contribution >= 4 is 0 Å². The zero-order valence-electron chi connectivity index (χ0n) is 12.8. The van der Waals surface area contributed by atoms with E-state index < -0.39 is 0 Å². The van der Waals surface area contributed by atoms with Crippen molar-refractivity contribution in [3.05, 3.63) is 54.2 Å². The summed E-state index contributed by atoms with van der Waals surface area (Å²) in [6.45, 7) is 1.71. The molecule has 6 nitrogen and oxygen atoms in total. The van der Waals surface area contributed by atoms with E-state index >= 15 is 0 Å². The molecule has 2 heterocycles. The predicted octanol–water partition coefficient (Wildman–Crippen LogP) is 2.14. The van der Waals surface area contributed by atoms with E-state index in [1.54, 1.807) is 0 Å². The van der Waals surface area contributed by atoms with E-state index in [4.69, 9.17) is 4.52 Å². The van der Waals surface area contributed by atoms with Crippen LogP contribution in [0.2, 0.25) is 0 Å². The van der Waals surface area contributed by atoms with Crippen LogP contribution in [-0.2, 0) is 20.0 Å². The fourth-order valence-electron chi connectivity index (χ4n) is 2.29. The maximum atomic E-state index is 5.32. The first-order valence-corrected chi connectivity index (χ1v) is 7.25. The molecule has 0 unspecified atom stereocenters. The van der Waals surface area contributed by atoms with Crippen LogP contribution < -0.4 is 0 Å². The van der Waals surface area contributed by atoms with Crippen LogP contribution >= 0.6 is 0 Å². The third-order valence-corrected chi connectivity index (χ3v) is 3.42. The van der Waals surface area contributed by atoms with Crippen LogP contribution in [0, 0.1) is 0 Å². The number of aromatic nitrogens is 4. The number of likely N-dealkylation sites (N-methyl/N-ethyl adjacent to an activating group) is 1. The Morgan fingerprint density at radius 3 is 2.77 bits per heavy atom. The van der Waals surface area contributed by atoms with Gasteiger partial charge in [0.15, 0.2) is 0 Å². The highest BCUT2D eigenvalue weighted by molar-refractivity contribution is 5.53. The van der Waals surface area contributed by atoms with Crippen LogP contribution in [0.1, 0.15) is 11.5 Å². The van der Waals surface area contributed by atoms with Gasteiger partial charge in [0, 0.05) is 43.9 Å². The lowest BCUT2D eigenvalue weighted by Gasteiger charge is -2.13. The molecule has 0 fully saturated rings. The second-order valence-electron chi connectivity index (χ2n) is 5.39. The molecule has 0 radical (unpaired) electrons. The predicted molar refractivity (Wildman–Crippen MR) is 83.0 cm³/mol. The zero-order valence-corrected chi connectivity index (χ0v) is 12.8. The van der Waals surface area contributed by atoms with Crippen LogP contribution in [0.3, 0.4) is 0 Å². The minimum Gasteiger partial charge on any atom is -0.339 e. The van der Waals surface area contributed by atoms with E-state index in [1.807, 2.05) is 54.5 Å². The number of nitrogens with zero attached hydrogens (tertiary/aromatic N) is 5. The zero-order chi connectivity index (χ0) is 15.4. The number of hydrogen-bond acceptors (Lipinski definition) is 5. The van der Waals surface area contributed by atoms with Gasteiger partial charge in [0.1, 0.15) is 0 Å². The largest absolute Gasteiger partial charge is 0.339 e. The van der Waals surface area contributed by atoms with Crippen molar-refractivity contribution in [2.75, 3.05) is 13.6 Å². The van der Waals surface area contributed by atoms with Gasteiger partial charge in [-0.25, -0.2) is 0 Å². The molecule has 1 aromatic carbocycles. The molecular weight excluding hydrogens is 278 g/mol. The van der Waals surface area contributed by atoms with Gasteiger partial charge in [-0.2, -0.15) is 10.1 Å². The highest BCUT2D eigenvalue weighted by Crippen LogP contribution is 2.15. The van der Waals surface area contributed by atoms with Gasteiger partial charge < -0.3 is 9.42 Å². The van der Waals surface area contributed by atoms with E-state index in [1.165, 1.54) is 5.56 Å². The molecule has 114 valence electrons. The number of rotatable bonds is 6. The second kappa shape index (κ2) is 6.53. The average molecular weight is 297 g/mol. The van der Waals surface area contributed by atoms with E-state index in [2.05, 4.69) is 27.2 Å². The van der Waals surface area contributed by atoms with Crippen molar-refractivity contribution in [2.24, 2.45) is 7.05 Å². The van der Waals surface area contributed by atoms with Crippen molar-refractivity contribution in [2.45, 2.75) is 13.0 Å². The molecule has 0 saturated carbocycles. The molecule has 3 rings (SSSR count). The fourth-order valence-corrected chi connectivity index (χ4v) is 2.29. The quantitative estimate of drug-likeness (QED) is 0.697. The monoisotopic (exact) mass is 297 g/mol. The van der Waals surface area contributed by atoms with Gasteiger partial charge in [-0.1, -0.05) is 35.5 Å². The minimum absolute atomic E-state index is 0.644. The smallest absolute Gasteiger partial charge is 0.228 e. The Kier molecular flexibility index (Phi) is 4.29. The molecule has 22 heavy (non-hydrogen) atoms. The normalized spacial score (nSPS) is 11.2. The van der Waals surface area contributed by atoms with Crippen molar-refractivity contribution in [3.8, 4) is 11.4 Å². The molecule has 0 atom stereocenters. The number of hydrogen-bond donors (Lipinski definition) is 0. The topological polar surface area (TPSA) is 60.0 Å². The van der Waals surface area contributed by atoms with Crippen LogP contribution in [0.4, 0.5) is 0 Å². The maximum Gasteiger partial charge on any atom is 0.228 e. The highest BCUT2D eigenvalue weighted by atomic mass is 16.5. The van der Waals surface area contributed by atoms with Gasteiger partial charge in [0.25, 0.3) is 0 Å². The van der Waals surface area contributed by atoms with Crippen molar-refractivity contribution in [1.29, 1.82) is 0 Å². The van der Waals surface area contributed by atoms with Gasteiger partial charge in [-0.05, 0) is 7.05 Å². The van der Waals surface area contributed by atoms with Crippen molar-refractivity contribution in [3.63, 3.8) is 0 Å². The first-order valence-electron chi connectivity index (χ1n) is 7.25. The minimum atomic E-state index is 0.644. The maximum absolute atomic E-state index is 5.32. The van der Waals surface area contributed by atoms with Gasteiger partial charge in [0.2, 0.25) is 11.7 Å². The van der Waals surface area contributed by atoms with Gasteiger partial charge in [-0.15, -0.1) is 0 Å². The molecule has 2 aromatic heterocycles. The number of aryl methyl sites for hydroxylation is 1. The molecule has 0 saturated heterocycles. The number of benzene rings is 1. The van der Waals surface area contributed by atoms with Crippen LogP contribution in [0.25, 0.3) is 11.4 Å². The Labute approximate surface area is 129 Å². The molecule has 0 amide bonds. The first kappa shape index (κ1) is 14.5. The van der Waals surface area contributed by atoms with Crippen molar-refractivity contribution in [1.82, 2.24) is 24.8 Å². The van der Waals surface area contributed by atoms with E-state index in [0.717, 1.165) is 25.1 Å². The van der Waals surface area contributed by atoms with Crippen LogP contribution in [0.5, 0.6) is 0 Å². The first-order chi connectivity index (χ1) is 10.7. The standard InChI is InChI=1S/C16H19N5O/c1-20(11-13-10-17-21(2)12-13)9-8-15-18-16(19-22-15)14-6-4-3-5-7-14/h3-7,10,12H,8-9,11H2,1-2H3.